The van der Waals surface area contributed by atoms with Crippen LogP contribution in [0.5, 0.6) is 5.75 Å². The van der Waals surface area contributed by atoms with Gasteiger partial charge in [0.05, 0.1) is 29.6 Å². The Kier molecular flexibility index (Phi) is 3.98. The monoisotopic (exact) mass is 319 g/mol. The van der Waals surface area contributed by atoms with Crippen LogP contribution in [0.4, 0.5) is 5.69 Å². The molecule has 6 nitrogen and oxygen atoms in total. The lowest BCUT2D eigenvalue weighted by Gasteiger charge is -2.18. The van der Waals surface area contributed by atoms with Gasteiger partial charge < -0.3 is 4.74 Å². The molecule has 0 unspecified atom stereocenters. The van der Waals surface area contributed by atoms with Crippen LogP contribution in [-0.2, 0) is 22.9 Å². The van der Waals surface area contributed by atoms with Crippen molar-refractivity contribution in [1.82, 2.24) is 9.97 Å². The van der Waals surface area contributed by atoms with Gasteiger partial charge in [0.1, 0.15) is 11.6 Å². The quantitative estimate of drug-likeness (QED) is 0.934. The van der Waals surface area contributed by atoms with Gasteiger partial charge in [-0.25, -0.2) is 18.4 Å². The van der Waals surface area contributed by atoms with Crippen molar-refractivity contribution in [2.75, 3.05) is 11.3 Å². The smallest absolute Gasteiger partial charge is 0.262 e. The summed E-state index contributed by atoms with van der Waals surface area (Å²) in [5.41, 5.74) is 1.28. The van der Waals surface area contributed by atoms with E-state index in [-0.39, 0.29) is 4.90 Å². The van der Waals surface area contributed by atoms with Crippen molar-refractivity contribution in [3.8, 4) is 5.75 Å². The zero-order valence-electron chi connectivity index (χ0n) is 12.2. The first-order chi connectivity index (χ1) is 10.6. The molecule has 1 aromatic heterocycles. The van der Waals surface area contributed by atoms with Crippen molar-refractivity contribution < 1.29 is 13.2 Å². The summed E-state index contributed by atoms with van der Waals surface area (Å²) in [6, 6.07) is 4.92. The van der Waals surface area contributed by atoms with Gasteiger partial charge in [0.25, 0.3) is 10.0 Å². The molecule has 2 aromatic rings. The molecule has 1 N–H and O–H groups in total. The van der Waals surface area contributed by atoms with E-state index in [0.29, 0.717) is 24.5 Å². The second-order valence-electron chi connectivity index (χ2n) is 5.07. The minimum atomic E-state index is -3.65. The number of ether oxygens (including phenoxy) is 1. The molecule has 0 saturated carbocycles. The van der Waals surface area contributed by atoms with Crippen LogP contribution in [-0.4, -0.2) is 25.0 Å². The molecule has 7 heteroatoms. The number of sulfonamides is 1. The highest BCUT2D eigenvalue weighted by Gasteiger charge is 2.18. The highest BCUT2D eigenvalue weighted by molar-refractivity contribution is 7.92. The van der Waals surface area contributed by atoms with Gasteiger partial charge in [0.15, 0.2) is 0 Å². The Morgan fingerprint density at radius 3 is 2.77 bits per heavy atom. The average Bonchev–Trinajstić information content (AvgIpc) is 2.55. The third kappa shape index (κ3) is 3.04. The van der Waals surface area contributed by atoms with Crippen molar-refractivity contribution in [2.45, 2.75) is 31.1 Å². The molecule has 1 aliphatic heterocycles. The lowest BCUT2D eigenvalue weighted by atomic mass is 10.1. The topological polar surface area (TPSA) is 81.2 Å². The fourth-order valence-corrected chi connectivity index (χ4v) is 3.39. The summed E-state index contributed by atoms with van der Waals surface area (Å²) in [6.07, 6.45) is 5.39. The maximum absolute atomic E-state index is 12.4. The third-order valence-corrected chi connectivity index (χ3v) is 4.84. The Labute approximate surface area is 129 Å². The number of hydrogen-bond acceptors (Lipinski definition) is 5. The molecule has 1 aromatic carbocycles. The number of nitrogens with zero attached hydrogens (tertiary/aromatic N) is 2. The van der Waals surface area contributed by atoms with Crippen molar-refractivity contribution in [1.29, 1.82) is 0 Å². The molecule has 0 fully saturated rings. The number of hydrogen-bond donors (Lipinski definition) is 1. The summed E-state index contributed by atoms with van der Waals surface area (Å²) in [5, 5.41) is 0. The summed E-state index contributed by atoms with van der Waals surface area (Å²) >= 11 is 0. The molecule has 0 atom stereocenters. The van der Waals surface area contributed by atoms with E-state index in [2.05, 4.69) is 14.7 Å². The fraction of sp³-hybridized carbons (Fsp3) is 0.333. The van der Waals surface area contributed by atoms with Gasteiger partial charge in [-0.05, 0) is 36.6 Å². The Balaban J connectivity index is 1.85. The van der Waals surface area contributed by atoms with E-state index in [4.69, 9.17) is 4.74 Å². The highest BCUT2D eigenvalue weighted by atomic mass is 32.2. The molecule has 2 heterocycles. The maximum Gasteiger partial charge on any atom is 0.262 e. The minimum absolute atomic E-state index is 0.219. The Bertz CT molecular complexity index is 773. The van der Waals surface area contributed by atoms with Crippen molar-refractivity contribution in [3.63, 3.8) is 0 Å². The molecule has 0 aliphatic carbocycles. The van der Waals surface area contributed by atoms with E-state index >= 15 is 0 Å². The number of fused-ring (bicyclic) bond motifs is 1. The number of aromatic nitrogens is 2. The molecule has 3 rings (SSSR count). The summed E-state index contributed by atoms with van der Waals surface area (Å²) < 4.78 is 32.9. The first-order valence-corrected chi connectivity index (χ1v) is 8.66. The van der Waals surface area contributed by atoms with Crippen molar-refractivity contribution in [2.24, 2.45) is 0 Å². The van der Waals surface area contributed by atoms with Crippen LogP contribution in [0.1, 0.15) is 24.7 Å². The lowest BCUT2D eigenvalue weighted by molar-refractivity contribution is 0.288. The first kappa shape index (κ1) is 14.8. The molecule has 0 spiro atoms. The largest absolute Gasteiger partial charge is 0.493 e. The maximum atomic E-state index is 12.4. The van der Waals surface area contributed by atoms with Gasteiger partial charge in [0.2, 0.25) is 0 Å². The number of rotatable bonds is 4. The second-order valence-corrected chi connectivity index (χ2v) is 6.75. The molecule has 1 aliphatic rings. The average molecular weight is 319 g/mol. The predicted molar refractivity (Wildman–Crippen MR) is 82.5 cm³/mol. The number of benzene rings is 1. The Morgan fingerprint density at radius 2 is 2.05 bits per heavy atom. The van der Waals surface area contributed by atoms with Gasteiger partial charge in [-0.3, -0.25) is 4.72 Å². The van der Waals surface area contributed by atoms with Crippen molar-refractivity contribution in [3.05, 3.63) is 42.0 Å². The van der Waals surface area contributed by atoms with Gasteiger partial charge in [0, 0.05) is 6.42 Å². The summed E-state index contributed by atoms with van der Waals surface area (Å²) in [5.74, 6) is 1.44. The van der Waals surface area contributed by atoms with Gasteiger partial charge >= 0.3 is 0 Å². The molecular weight excluding hydrogens is 302 g/mol. The second kappa shape index (κ2) is 5.92. The summed E-state index contributed by atoms with van der Waals surface area (Å²) in [4.78, 5) is 8.39. The Morgan fingerprint density at radius 1 is 1.27 bits per heavy atom. The van der Waals surface area contributed by atoms with E-state index in [1.807, 2.05) is 6.92 Å². The Hall–Kier alpha value is -2.15. The third-order valence-electron chi connectivity index (χ3n) is 3.46. The summed E-state index contributed by atoms with van der Waals surface area (Å²) in [7, 11) is -3.65. The van der Waals surface area contributed by atoms with E-state index < -0.39 is 10.0 Å². The molecule has 22 heavy (non-hydrogen) atoms. The zero-order valence-corrected chi connectivity index (χ0v) is 13.1. The molecule has 0 bridgehead atoms. The van der Waals surface area contributed by atoms with E-state index in [1.165, 1.54) is 12.4 Å². The van der Waals surface area contributed by atoms with Crippen LogP contribution >= 0.6 is 0 Å². The zero-order chi connectivity index (χ0) is 15.6. The number of aryl methyl sites for hydroxylation is 2. The standard InChI is InChI=1S/C15H17N3O3S/c1-2-15-16-9-12(10-17-15)18-22(19,20)13-5-6-14-11(8-13)4-3-7-21-14/h5-6,8-10,18H,2-4,7H2,1H3. The van der Waals surface area contributed by atoms with Gasteiger partial charge in [-0.1, -0.05) is 6.92 Å². The summed E-state index contributed by atoms with van der Waals surface area (Å²) in [6.45, 7) is 2.62. The van der Waals surface area contributed by atoms with E-state index in [0.717, 1.165) is 24.2 Å². The number of anilines is 1. The van der Waals surface area contributed by atoms with E-state index in [9.17, 15) is 8.42 Å². The predicted octanol–water partition coefficient (Wildman–Crippen LogP) is 2.16. The normalized spacial score (nSPS) is 14.0. The molecule has 0 amide bonds. The number of nitrogens with one attached hydrogen (secondary N) is 1. The van der Waals surface area contributed by atoms with Crippen LogP contribution < -0.4 is 9.46 Å². The fourth-order valence-electron chi connectivity index (χ4n) is 2.31. The SMILES string of the molecule is CCc1ncc(NS(=O)(=O)c2ccc3c(c2)CCCO3)cn1. The molecular formula is C15H17N3O3S. The lowest BCUT2D eigenvalue weighted by Crippen LogP contribution is -2.15. The highest BCUT2D eigenvalue weighted by Crippen LogP contribution is 2.27. The van der Waals surface area contributed by atoms with Gasteiger partial charge in [-0.15, -0.1) is 0 Å². The first-order valence-electron chi connectivity index (χ1n) is 7.18. The minimum Gasteiger partial charge on any atom is -0.493 e. The van der Waals surface area contributed by atoms with Gasteiger partial charge in [-0.2, -0.15) is 0 Å². The molecule has 0 saturated heterocycles. The van der Waals surface area contributed by atoms with Crippen LogP contribution in [0.2, 0.25) is 0 Å². The molecule has 116 valence electrons. The van der Waals surface area contributed by atoms with Crippen LogP contribution in [0.25, 0.3) is 0 Å². The molecule has 0 radical (unpaired) electrons. The van der Waals surface area contributed by atoms with E-state index in [1.54, 1.807) is 18.2 Å². The van der Waals surface area contributed by atoms with Crippen LogP contribution in [0, 0.1) is 0 Å². The van der Waals surface area contributed by atoms with Crippen LogP contribution in [0.3, 0.4) is 0 Å². The van der Waals surface area contributed by atoms with Crippen molar-refractivity contribution >= 4 is 15.7 Å². The van der Waals surface area contributed by atoms with Crippen LogP contribution in [0.15, 0.2) is 35.5 Å².